The summed E-state index contributed by atoms with van der Waals surface area (Å²) in [7, 11) is 0. The smallest absolute Gasteiger partial charge is 0.235 e. The van der Waals surface area contributed by atoms with Gasteiger partial charge in [0.15, 0.2) is 23.0 Å². The predicted molar refractivity (Wildman–Crippen MR) is 168 cm³/mol. The van der Waals surface area contributed by atoms with Gasteiger partial charge in [-0.15, -0.1) is 0 Å². The van der Waals surface area contributed by atoms with E-state index in [1.54, 1.807) is 0 Å². The molecule has 0 radical (unpaired) electrons. The number of fused-ring (bicyclic) bond motifs is 9. The number of aromatic nitrogens is 3. The maximum absolute atomic E-state index is 6.54. The molecule has 0 saturated heterocycles. The Balaban J connectivity index is 1.42. The van der Waals surface area contributed by atoms with Crippen LogP contribution in [0, 0.1) is 0 Å². The van der Waals surface area contributed by atoms with Crippen LogP contribution in [0.5, 0.6) is 23.0 Å². The minimum Gasteiger partial charge on any atom is -0.449 e. The molecule has 0 fully saturated rings. The van der Waals surface area contributed by atoms with E-state index in [1.807, 2.05) is 72.8 Å². The van der Waals surface area contributed by atoms with Crippen molar-refractivity contribution < 1.29 is 9.47 Å². The second kappa shape index (κ2) is 8.80. The Morgan fingerprint density at radius 1 is 0.595 bits per heavy atom. The van der Waals surface area contributed by atoms with Gasteiger partial charge in [0.05, 0.1) is 16.7 Å². The number of nitrogens with zero attached hydrogens (tertiary/aromatic N) is 3. The number of ether oxygens (including phenoxy) is 2. The molecule has 1 aliphatic rings. The van der Waals surface area contributed by atoms with E-state index < -0.39 is 0 Å². The monoisotopic (exact) mass is 561 g/mol. The zero-order valence-corrected chi connectivity index (χ0v) is 22.8. The van der Waals surface area contributed by atoms with Crippen LogP contribution in [0.25, 0.3) is 60.7 Å². The Morgan fingerprint density at radius 2 is 1.38 bits per heavy atom. The molecule has 42 heavy (non-hydrogen) atoms. The molecule has 2 aromatic heterocycles. The third-order valence-corrected chi connectivity index (χ3v) is 8.15. The van der Waals surface area contributed by atoms with Gasteiger partial charge in [-0.05, 0) is 59.3 Å². The van der Waals surface area contributed by atoms with Crippen molar-refractivity contribution in [3.8, 4) is 40.2 Å². The summed E-state index contributed by atoms with van der Waals surface area (Å²) < 4.78 is 14.9. The Bertz CT molecular complexity index is 2380. The summed E-state index contributed by atoms with van der Waals surface area (Å²) in [6.07, 6.45) is 0. The standard InChI is InChI=1S/C36H20ClN3O2/c37-23-15-18-28-26(20-23)25-16-19-31-35(42-30-13-7-6-12-29(30)41-31)34(25)40(28)36-38-27-17-14-21-8-4-5-11-24(21)32(27)33(39-36)22-9-2-1-3-10-22/h1-20H. The summed E-state index contributed by atoms with van der Waals surface area (Å²) in [5.74, 6) is 3.11. The molecule has 0 spiro atoms. The molecule has 9 rings (SSSR count). The lowest BCUT2D eigenvalue weighted by molar-refractivity contribution is 0.362. The second-order valence-electron chi connectivity index (χ2n) is 10.4. The number of halogens is 1. The summed E-state index contributed by atoms with van der Waals surface area (Å²) in [6.45, 7) is 0. The van der Waals surface area contributed by atoms with Gasteiger partial charge in [-0.3, -0.25) is 4.57 Å². The van der Waals surface area contributed by atoms with Crippen molar-refractivity contribution >= 4 is 55.1 Å². The maximum Gasteiger partial charge on any atom is 0.235 e. The fraction of sp³-hybridized carbons (Fsp3) is 0. The Morgan fingerprint density at radius 3 is 2.26 bits per heavy atom. The van der Waals surface area contributed by atoms with Crippen molar-refractivity contribution in [3.05, 3.63) is 126 Å². The lowest BCUT2D eigenvalue weighted by Gasteiger charge is -2.22. The lowest BCUT2D eigenvalue weighted by atomic mass is 10.0. The average molecular weight is 562 g/mol. The van der Waals surface area contributed by atoms with E-state index in [2.05, 4.69) is 53.1 Å². The van der Waals surface area contributed by atoms with Crippen molar-refractivity contribution in [2.45, 2.75) is 0 Å². The molecule has 5 nitrogen and oxygen atoms in total. The number of para-hydroxylation sites is 2. The zero-order chi connectivity index (χ0) is 27.8. The first-order valence-corrected chi connectivity index (χ1v) is 14.1. The summed E-state index contributed by atoms with van der Waals surface area (Å²) >= 11 is 6.53. The summed E-state index contributed by atoms with van der Waals surface area (Å²) in [4.78, 5) is 10.5. The third kappa shape index (κ3) is 3.38. The Kier molecular flexibility index (Phi) is 4.89. The largest absolute Gasteiger partial charge is 0.449 e. The van der Waals surface area contributed by atoms with Crippen LogP contribution in [-0.4, -0.2) is 14.5 Å². The van der Waals surface area contributed by atoms with Crippen LogP contribution in [0.4, 0.5) is 0 Å². The summed E-state index contributed by atoms with van der Waals surface area (Å²) in [5, 5.41) is 5.87. The highest BCUT2D eigenvalue weighted by molar-refractivity contribution is 6.32. The average Bonchev–Trinajstić information content (AvgIpc) is 3.37. The molecule has 6 heteroatoms. The molecule has 0 N–H and O–H groups in total. The molecule has 0 atom stereocenters. The highest BCUT2D eigenvalue weighted by Crippen LogP contribution is 2.51. The van der Waals surface area contributed by atoms with Crippen LogP contribution in [0.1, 0.15) is 0 Å². The van der Waals surface area contributed by atoms with Gasteiger partial charge >= 0.3 is 0 Å². The van der Waals surface area contributed by atoms with E-state index in [0.717, 1.165) is 54.7 Å². The molecule has 8 aromatic rings. The zero-order valence-electron chi connectivity index (χ0n) is 22.1. The maximum atomic E-state index is 6.54. The molecule has 198 valence electrons. The minimum atomic E-state index is 0.537. The van der Waals surface area contributed by atoms with Gasteiger partial charge in [-0.2, -0.15) is 0 Å². The molecule has 0 bridgehead atoms. The van der Waals surface area contributed by atoms with E-state index in [1.165, 1.54) is 0 Å². The van der Waals surface area contributed by atoms with Crippen LogP contribution < -0.4 is 9.47 Å². The van der Waals surface area contributed by atoms with E-state index in [9.17, 15) is 0 Å². The van der Waals surface area contributed by atoms with Crippen molar-refractivity contribution in [3.63, 3.8) is 0 Å². The van der Waals surface area contributed by atoms with Crippen LogP contribution >= 0.6 is 11.6 Å². The third-order valence-electron chi connectivity index (χ3n) is 7.91. The molecule has 6 aromatic carbocycles. The molecular weight excluding hydrogens is 542 g/mol. The molecule has 0 saturated carbocycles. The van der Waals surface area contributed by atoms with Crippen molar-refractivity contribution in [1.29, 1.82) is 0 Å². The van der Waals surface area contributed by atoms with E-state index >= 15 is 0 Å². The number of rotatable bonds is 2. The van der Waals surface area contributed by atoms with Crippen LogP contribution in [0.15, 0.2) is 121 Å². The molecule has 0 unspecified atom stereocenters. The molecule has 1 aliphatic heterocycles. The van der Waals surface area contributed by atoms with Crippen LogP contribution in [-0.2, 0) is 0 Å². The van der Waals surface area contributed by atoms with Crippen molar-refractivity contribution in [1.82, 2.24) is 14.5 Å². The normalized spacial score (nSPS) is 12.3. The van der Waals surface area contributed by atoms with Gasteiger partial charge in [0.2, 0.25) is 5.95 Å². The molecule has 3 heterocycles. The Hall–Kier alpha value is -5.39. The van der Waals surface area contributed by atoms with Gasteiger partial charge in [-0.1, -0.05) is 84.4 Å². The van der Waals surface area contributed by atoms with Gasteiger partial charge in [0, 0.05) is 26.7 Å². The molecular formula is C36H20ClN3O2. The second-order valence-corrected chi connectivity index (χ2v) is 10.8. The molecule has 0 amide bonds. The fourth-order valence-electron chi connectivity index (χ4n) is 6.06. The highest BCUT2D eigenvalue weighted by atomic mass is 35.5. The van der Waals surface area contributed by atoms with Crippen molar-refractivity contribution in [2.75, 3.05) is 0 Å². The first kappa shape index (κ1) is 23.3. The van der Waals surface area contributed by atoms with Crippen LogP contribution in [0.2, 0.25) is 5.02 Å². The predicted octanol–water partition coefficient (Wildman–Crippen LogP) is 10.1. The lowest BCUT2D eigenvalue weighted by Crippen LogP contribution is -2.06. The number of hydrogen-bond donors (Lipinski definition) is 0. The van der Waals surface area contributed by atoms with Gasteiger partial charge in [0.1, 0.15) is 5.52 Å². The summed E-state index contributed by atoms with van der Waals surface area (Å²) in [6, 6.07) is 40.4. The Labute approximate surface area is 245 Å². The number of benzene rings is 6. The fourth-order valence-corrected chi connectivity index (χ4v) is 6.23. The van der Waals surface area contributed by atoms with Gasteiger partial charge in [-0.25, -0.2) is 9.97 Å². The summed E-state index contributed by atoms with van der Waals surface area (Å²) in [5.41, 5.74) is 4.47. The van der Waals surface area contributed by atoms with Gasteiger partial charge < -0.3 is 9.47 Å². The van der Waals surface area contributed by atoms with E-state index in [0.29, 0.717) is 34.0 Å². The number of hydrogen-bond acceptors (Lipinski definition) is 4. The minimum absolute atomic E-state index is 0.537. The SMILES string of the molecule is Clc1ccc2c(c1)c1ccc3c(c1n2-c1nc(-c2ccccc2)c2c(ccc4ccccc42)n1)Oc1ccccc1O3. The first-order valence-electron chi connectivity index (χ1n) is 13.7. The van der Waals surface area contributed by atoms with Gasteiger partial charge in [0.25, 0.3) is 0 Å². The highest BCUT2D eigenvalue weighted by Gasteiger charge is 2.27. The van der Waals surface area contributed by atoms with Crippen LogP contribution in [0.3, 0.4) is 0 Å². The van der Waals surface area contributed by atoms with E-state index in [-0.39, 0.29) is 0 Å². The quantitative estimate of drug-likeness (QED) is 0.197. The van der Waals surface area contributed by atoms with Crippen molar-refractivity contribution in [2.24, 2.45) is 0 Å². The molecule has 0 aliphatic carbocycles. The van der Waals surface area contributed by atoms with E-state index in [4.69, 9.17) is 31.0 Å². The topological polar surface area (TPSA) is 49.2 Å². The first-order chi connectivity index (χ1) is 20.7.